The molecule has 3 unspecified atom stereocenters. The summed E-state index contributed by atoms with van der Waals surface area (Å²) in [6, 6.07) is 13.1. The molecule has 0 N–H and O–H groups in total. The van der Waals surface area contributed by atoms with Crippen LogP contribution < -0.4 is 4.90 Å². The normalized spacial score (nSPS) is 26.1. The Hall–Kier alpha value is -3.07. The van der Waals surface area contributed by atoms with Gasteiger partial charge in [0.25, 0.3) is 5.91 Å². The third-order valence-corrected chi connectivity index (χ3v) is 8.93. The van der Waals surface area contributed by atoms with E-state index in [9.17, 15) is 14.4 Å². The van der Waals surface area contributed by atoms with Gasteiger partial charge in [-0.3, -0.25) is 14.4 Å². The maximum atomic E-state index is 13.6. The Labute approximate surface area is 209 Å². The van der Waals surface area contributed by atoms with E-state index in [2.05, 4.69) is 9.88 Å². The molecule has 4 aliphatic rings. The van der Waals surface area contributed by atoms with Crippen LogP contribution in [0.1, 0.15) is 34.1 Å². The Morgan fingerprint density at radius 2 is 1.71 bits per heavy atom. The van der Waals surface area contributed by atoms with Crippen LogP contribution >= 0.6 is 11.8 Å². The summed E-state index contributed by atoms with van der Waals surface area (Å²) in [7, 11) is 0. The topological polar surface area (TPSA) is 77.1 Å². The average Bonchev–Trinajstić information content (AvgIpc) is 3.48. The van der Waals surface area contributed by atoms with Gasteiger partial charge in [-0.15, -0.1) is 11.8 Å². The average molecular weight is 492 g/mol. The van der Waals surface area contributed by atoms with Gasteiger partial charge in [-0.25, -0.2) is 4.98 Å². The first-order chi connectivity index (χ1) is 17.1. The number of amides is 3. The fourth-order valence-electron chi connectivity index (χ4n) is 5.78. The van der Waals surface area contributed by atoms with Gasteiger partial charge in [0.1, 0.15) is 17.2 Å². The number of hydrogen-bond acceptors (Lipinski definition) is 6. The summed E-state index contributed by atoms with van der Waals surface area (Å²) in [5.74, 6) is 1.45. The summed E-state index contributed by atoms with van der Waals surface area (Å²) >= 11 is 1.66. The molecule has 0 bridgehead atoms. The van der Waals surface area contributed by atoms with Gasteiger partial charge in [0.15, 0.2) is 0 Å². The van der Waals surface area contributed by atoms with Crippen molar-refractivity contribution in [2.24, 2.45) is 5.92 Å². The highest BCUT2D eigenvalue weighted by Crippen LogP contribution is 2.48. The maximum Gasteiger partial charge on any atom is 0.256 e. The molecule has 0 aliphatic carbocycles. The van der Waals surface area contributed by atoms with Crippen LogP contribution in [0.3, 0.4) is 0 Å². The summed E-state index contributed by atoms with van der Waals surface area (Å²) < 4.78 is 0. The van der Waals surface area contributed by atoms with E-state index in [4.69, 9.17) is 0 Å². The van der Waals surface area contributed by atoms with Gasteiger partial charge in [0, 0.05) is 56.8 Å². The summed E-state index contributed by atoms with van der Waals surface area (Å²) in [5.41, 5.74) is 1.72. The highest BCUT2D eigenvalue weighted by molar-refractivity contribution is 7.99. The van der Waals surface area contributed by atoms with E-state index in [1.165, 1.54) is 0 Å². The molecule has 8 nitrogen and oxygen atoms in total. The van der Waals surface area contributed by atoms with Crippen LogP contribution in [-0.4, -0.2) is 88.5 Å². The highest BCUT2D eigenvalue weighted by Gasteiger charge is 2.49. The van der Waals surface area contributed by atoms with Crippen molar-refractivity contribution in [3.05, 3.63) is 59.8 Å². The Bertz CT molecular complexity index is 1140. The fourth-order valence-corrected chi connectivity index (χ4v) is 7.23. The van der Waals surface area contributed by atoms with Crippen molar-refractivity contribution >= 4 is 35.3 Å². The van der Waals surface area contributed by atoms with Crippen molar-refractivity contribution in [2.45, 2.75) is 24.3 Å². The van der Waals surface area contributed by atoms with E-state index in [1.807, 2.05) is 52.3 Å². The van der Waals surface area contributed by atoms with Gasteiger partial charge in [-0.05, 0) is 36.6 Å². The molecule has 4 aliphatic heterocycles. The zero-order chi connectivity index (χ0) is 23.9. The van der Waals surface area contributed by atoms with E-state index in [-0.39, 0.29) is 29.0 Å². The number of thioether (sulfide) groups is 1. The summed E-state index contributed by atoms with van der Waals surface area (Å²) in [6.45, 7) is 3.95. The van der Waals surface area contributed by atoms with Gasteiger partial charge in [-0.1, -0.05) is 24.3 Å². The third-order valence-electron chi connectivity index (χ3n) is 7.62. The molecule has 1 aromatic carbocycles. The quantitative estimate of drug-likeness (QED) is 0.656. The molecule has 2 aromatic rings. The van der Waals surface area contributed by atoms with Crippen LogP contribution in [0.2, 0.25) is 0 Å². The molecule has 35 heavy (non-hydrogen) atoms. The minimum atomic E-state index is -0.458. The van der Waals surface area contributed by atoms with Gasteiger partial charge >= 0.3 is 0 Å². The predicted molar refractivity (Wildman–Crippen MR) is 134 cm³/mol. The van der Waals surface area contributed by atoms with Crippen LogP contribution in [0.15, 0.2) is 48.7 Å². The molecule has 3 amide bonds. The second-order valence-corrected chi connectivity index (χ2v) is 10.7. The van der Waals surface area contributed by atoms with E-state index in [0.717, 1.165) is 37.3 Å². The summed E-state index contributed by atoms with van der Waals surface area (Å²) in [5, 5.41) is -0.0785. The Kier molecular flexibility index (Phi) is 5.88. The van der Waals surface area contributed by atoms with Gasteiger partial charge in [-0.2, -0.15) is 0 Å². The molecule has 6 rings (SSSR count). The third kappa shape index (κ3) is 3.95. The number of anilines is 1. The number of likely N-dealkylation sites (tertiary alicyclic amines) is 1. The molecular formula is C26H29N5O3S. The number of nitrogens with zero attached hydrogens (tertiary/aromatic N) is 5. The van der Waals surface area contributed by atoms with Gasteiger partial charge in [0.2, 0.25) is 11.8 Å². The number of fused-ring (bicyclic) bond motifs is 3. The second kappa shape index (κ2) is 9.18. The highest BCUT2D eigenvalue weighted by atomic mass is 32.2. The monoisotopic (exact) mass is 491 g/mol. The van der Waals surface area contributed by atoms with Crippen molar-refractivity contribution in [3.63, 3.8) is 0 Å². The van der Waals surface area contributed by atoms with Crippen molar-refractivity contribution in [2.75, 3.05) is 49.9 Å². The molecule has 0 saturated carbocycles. The SMILES string of the molecule is O=C(C1CCCN(C(=O)C2CSC3c4ccccc4C(=O)N23)C1)N1CCN(c2ccccn2)CC1. The first-order valence-electron chi connectivity index (χ1n) is 12.4. The molecule has 3 atom stereocenters. The molecule has 0 spiro atoms. The maximum absolute atomic E-state index is 13.6. The van der Waals surface area contributed by atoms with Crippen LogP contribution in [0.25, 0.3) is 0 Å². The van der Waals surface area contributed by atoms with Crippen molar-refractivity contribution < 1.29 is 14.4 Å². The first kappa shape index (κ1) is 22.4. The smallest absolute Gasteiger partial charge is 0.256 e. The molecule has 3 fully saturated rings. The second-order valence-electron chi connectivity index (χ2n) is 9.62. The minimum absolute atomic E-state index is 0.0152. The number of aromatic nitrogens is 1. The Morgan fingerprint density at radius 1 is 0.914 bits per heavy atom. The van der Waals surface area contributed by atoms with Crippen LogP contribution in [0.4, 0.5) is 5.82 Å². The number of piperazine rings is 1. The first-order valence-corrected chi connectivity index (χ1v) is 13.4. The molecular weight excluding hydrogens is 462 g/mol. The Balaban J connectivity index is 1.08. The van der Waals surface area contributed by atoms with E-state index >= 15 is 0 Å². The lowest BCUT2D eigenvalue weighted by atomic mass is 9.95. The fraction of sp³-hybridized carbons (Fsp3) is 0.462. The zero-order valence-corrected chi connectivity index (χ0v) is 20.4. The number of piperidine rings is 1. The van der Waals surface area contributed by atoms with Crippen molar-refractivity contribution in [1.29, 1.82) is 0 Å². The van der Waals surface area contributed by atoms with Crippen LogP contribution in [0.5, 0.6) is 0 Å². The molecule has 182 valence electrons. The standard InChI is InChI=1S/C26H29N5O3S/c32-23(29-14-12-28(13-15-29)22-9-3-4-10-27-22)18-6-5-11-30(16-18)25(34)21-17-35-26-20-8-2-1-7-19(20)24(33)31(21)26/h1-4,7-10,18,21,26H,5-6,11-17H2. The van der Waals surface area contributed by atoms with Crippen molar-refractivity contribution in [3.8, 4) is 0 Å². The number of benzene rings is 1. The minimum Gasteiger partial charge on any atom is -0.353 e. The van der Waals surface area contributed by atoms with Crippen LogP contribution in [-0.2, 0) is 9.59 Å². The van der Waals surface area contributed by atoms with Crippen LogP contribution in [0, 0.1) is 5.92 Å². The Morgan fingerprint density at radius 3 is 2.51 bits per heavy atom. The number of carbonyl (C=O) groups excluding carboxylic acids is 3. The molecule has 9 heteroatoms. The number of rotatable bonds is 3. The summed E-state index contributed by atoms with van der Waals surface area (Å²) in [4.78, 5) is 52.1. The zero-order valence-electron chi connectivity index (χ0n) is 19.6. The summed E-state index contributed by atoms with van der Waals surface area (Å²) in [6.07, 6.45) is 3.41. The number of pyridine rings is 1. The molecule has 1 aromatic heterocycles. The van der Waals surface area contributed by atoms with Gasteiger partial charge in [0.05, 0.1) is 5.92 Å². The molecule has 0 radical (unpaired) electrons. The lowest BCUT2D eigenvalue weighted by molar-refractivity contribution is -0.142. The number of hydrogen-bond donors (Lipinski definition) is 0. The predicted octanol–water partition coefficient (Wildman–Crippen LogP) is 2.24. The molecule has 5 heterocycles. The van der Waals surface area contributed by atoms with Gasteiger partial charge < -0.3 is 19.6 Å². The van der Waals surface area contributed by atoms with E-state index in [0.29, 0.717) is 37.5 Å². The van der Waals surface area contributed by atoms with E-state index in [1.54, 1.807) is 22.9 Å². The lowest BCUT2D eigenvalue weighted by Crippen LogP contribution is -2.55. The largest absolute Gasteiger partial charge is 0.353 e. The van der Waals surface area contributed by atoms with Crippen molar-refractivity contribution in [1.82, 2.24) is 19.7 Å². The van der Waals surface area contributed by atoms with E-state index < -0.39 is 6.04 Å². The molecule has 3 saturated heterocycles. The lowest BCUT2D eigenvalue weighted by Gasteiger charge is -2.40. The number of carbonyl (C=O) groups is 3.